The zero-order valence-electron chi connectivity index (χ0n) is 6.87. The fraction of sp³-hybridized carbons (Fsp3) is 0.250. The number of carbonyl (C=O) groups excluding carboxylic acids is 1. The number of hydrogen-bond acceptors (Lipinski definition) is 3. The van der Waals surface area contributed by atoms with Gasteiger partial charge in [0.25, 0.3) is 5.91 Å². The van der Waals surface area contributed by atoms with E-state index in [0.29, 0.717) is 0 Å². The minimum absolute atomic E-state index is 0.258. The fourth-order valence-corrected chi connectivity index (χ4v) is 1.07. The van der Waals surface area contributed by atoms with Crippen LogP contribution in [-0.4, -0.2) is 17.0 Å². The molecule has 0 radical (unpaired) electrons. The molecular formula is C8H7FN2O2. The van der Waals surface area contributed by atoms with E-state index in [4.69, 9.17) is 4.74 Å². The molecule has 1 aliphatic rings. The number of hydrogen-bond donors (Lipinski definition) is 1. The molecule has 5 heteroatoms. The lowest BCUT2D eigenvalue weighted by atomic mass is 10.3. The van der Waals surface area contributed by atoms with Crippen LogP contribution in [-0.2, 0) is 4.79 Å². The van der Waals surface area contributed by atoms with Crippen LogP contribution in [0.1, 0.15) is 6.92 Å². The highest BCUT2D eigenvalue weighted by molar-refractivity contribution is 5.96. The van der Waals surface area contributed by atoms with E-state index >= 15 is 0 Å². The molecule has 0 aliphatic carbocycles. The SMILES string of the molecule is CC1Oc2ncc(F)cc2NC1=O. The maximum Gasteiger partial charge on any atom is 0.265 e. The number of halogens is 1. The second-order valence-electron chi connectivity index (χ2n) is 2.76. The van der Waals surface area contributed by atoms with E-state index in [1.54, 1.807) is 6.92 Å². The molecule has 0 saturated heterocycles. The highest BCUT2D eigenvalue weighted by Gasteiger charge is 2.24. The lowest BCUT2D eigenvalue weighted by molar-refractivity contribution is -0.122. The molecule has 0 fully saturated rings. The van der Waals surface area contributed by atoms with E-state index in [1.807, 2.05) is 0 Å². The summed E-state index contributed by atoms with van der Waals surface area (Å²) < 4.78 is 17.8. The van der Waals surface area contributed by atoms with Crippen molar-refractivity contribution in [3.63, 3.8) is 0 Å². The summed E-state index contributed by atoms with van der Waals surface area (Å²) in [6.07, 6.45) is 0.466. The number of nitrogens with zero attached hydrogens (tertiary/aromatic N) is 1. The Morgan fingerprint density at radius 3 is 3.23 bits per heavy atom. The Bertz CT molecular complexity index is 367. The van der Waals surface area contributed by atoms with Gasteiger partial charge in [-0.15, -0.1) is 0 Å². The first kappa shape index (κ1) is 7.97. The first-order valence-corrected chi connectivity index (χ1v) is 3.80. The Hall–Kier alpha value is -1.65. The van der Waals surface area contributed by atoms with Crippen molar-refractivity contribution in [2.45, 2.75) is 13.0 Å². The molecule has 0 saturated carbocycles. The number of ether oxygens (including phenoxy) is 1. The van der Waals surface area contributed by atoms with E-state index in [0.717, 1.165) is 6.20 Å². The Labute approximate surface area is 73.7 Å². The first-order valence-electron chi connectivity index (χ1n) is 3.80. The van der Waals surface area contributed by atoms with Crippen molar-refractivity contribution in [3.05, 3.63) is 18.1 Å². The zero-order chi connectivity index (χ0) is 9.42. The third kappa shape index (κ3) is 1.32. The summed E-state index contributed by atoms with van der Waals surface area (Å²) in [5.41, 5.74) is 0.281. The van der Waals surface area contributed by atoms with E-state index in [2.05, 4.69) is 10.3 Å². The summed E-state index contributed by atoms with van der Waals surface area (Å²) in [5, 5.41) is 2.48. The molecule has 0 spiro atoms. The van der Waals surface area contributed by atoms with Crippen molar-refractivity contribution in [3.8, 4) is 5.88 Å². The predicted molar refractivity (Wildman–Crippen MR) is 42.9 cm³/mol. The van der Waals surface area contributed by atoms with E-state index in [9.17, 15) is 9.18 Å². The molecule has 13 heavy (non-hydrogen) atoms. The molecule has 1 aliphatic heterocycles. The molecule has 2 rings (SSSR count). The van der Waals surface area contributed by atoms with Gasteiger partial charge in [0.15, 0.2) is 6.10 Å². The van der Waals surface area contributed by atoms with Gasteiger partial charge in [0.1, 0.15) is 11.5 Å². The quantitative estimate of drug-likeness (QED) is 0.649. The summed E-state index contributed by atoms with van der Waals surface area (Å²) in [6.45, 7) is 1.60. The molecule has 0 bridgehead atoms. The molecule has 1 aromatic heterocycles. The number of amides is 1. The van der Waals surface area contributed by atoms with Crippen LogP contribution in [0.15, 0.2) is 12.3 Å². The summed E-state index contributed by atoms with van der Waals surface area (Å²) in [6, 6.07) is 1.17. The Morgan fingerprint density at radius 1 is 1.69 bits per heavy atom. The van der Waals surface area contributed by atoms with Gasteiger partial charge < -0.3 is 10.1 Å². The highest BCUT2D eigenvalue weighted by atomic mass is 19.1. The molecule has 1 atom stereocenters. The van der Waals surface area contributed by atoms with Gasteiger partial charge in [0.2, 0.25) is 5.88 Å². The number of fused-ring (bicyclic) bond motifs is 1. The van der Waals surface area contributed by atoms with Crippen LogP contribution in [0.4, 0.5) is 10.1 Å². The lowest BCUT2D eigenvalue weighted by Gasteiger charge is -2.21. The third-order valence-corrected chi connectivity index (χ3v) is 1.73. The van der Waals surface area contributed by atoms with Gasteiger partial charge in [-0.1, -0.05) is 0 Å². The Balaban J connectivity index is 2.42. The van der Waals surface area contributed by atoms with Crippen LogP contribution in [0.2, 0.25) is 0 Å². The number of carbonyl (C=O) groups is 1. The van der Waals surface area contributed by atoms with Gasteiger partial charge in [0, 0.05) is 6.07 Å². The minimum atomic E-state index is -0.578. The molecule has 0 aromatic carbocycles. The fourth-order valence-electron chi connectivity index (χ4n) is 1.07. The Kier molecular flexibility index (Phi) is 1.65. The first-order chi connectivity index (χ1) is 6.16. The normalized spacial score (nSPS) is 20.2. The highest BCUT2D eigenvalue weighted by Crippen LogP contribution is 2.26. The van der Waals surface area contributed by atoms with Crippen LogP contribution in [0.5, 0.6) is 5.88 Å². The van der Waals surface area contributed by atoms with Crippen molar-refractivity contribution >= 4 is 11.6 Å². The maximum absolute atomic E-state index is 12.6. The van der Waals surface area contributed by atoms with E-state index in [1.165, 1.54) is 6.07 Å². The van der Waals surface area contributed by atoms with Gasteiger partial charge in [0.05, 0.1) is 6.20 Å². The standard InChI is InChI=1S/C8H7FN2O2/c1-4-7(12)11-6-2-5(9)3-10-8(6)13-4/h2-4H,1H3,(H,11,12). The maximum atomic E-state index is 12.6. The largest absolute Gasteiger partial charge is 0.463 e. The topological polar surface area (TPSA) is 51.2 Å². The zero-order valence-corrected chi connectivity index (χ0v) is 6.87. The molecular weight excluding hydrogens is 175 g/mol. The molecule has 1 N–H and O–H groups in total. The summed E-state index contributed by atoms with van der Waals surface area (Å²) in [5.74, 6) is -0.536. The third-order valence-electron chi connectivity index (χ3n) is 1.73. The van der Waals surface area contributed by atoms with Crippen molar-refractivity contribution in [2.75, 3.05) is 5.32 Å². The van der Waals surface area contributed by atoms with Gasteiger partial charge in [-0.05, 0) is 6.92 Å². The smallest absolute Gasteiger partial charge is 0.265 e. The van der Waals surface area contributed by atoms with Crippen molar-refractivity contribution in [1.82, 2.24) is 4.98 Å². The Morgan fingerprint density at radius 2 is 2.46 bits per heavy atom. The summed E-state index contributed by atoms with van der Waals surface area (Å²) in [4.78, 5) is 14.8. The van der Waals surface area contributed by atoms with Crippen LogP contribution in [0, 0.1) is 5.82 Å². The molecule has 1 amide bonds. The number of pyridine rings is 1. The van der Waals surface area contributed by atoms with E-state index in [-0.39, 0.29) is 17.5 Å². The predicted octanol–water partition coefficient (Wildman–Crippen LogP) is 0.940. The number of anilines is 1. The molecule has 1 aromatic rings. The van der Waals surface area contributed by atoms with Crippen molar-refractivity contribution < 1.29 is 13.9 Å². The van der Waals surface area contributed by atoms with Crippen LogP contribution >= 0.6 is 0 Å². The van der Waals surface area contributed by atoms with Gasteiger partial charge in [-0.3, -0.25) is 4.79 Å². The lowest BCUT2D eigenvalue weighted by Crippen LogP contribution is -2.34. The molecule has 4 nitrogen and oxygen atoms in total. The number of nitrogens with one attached hydrogen (secondary N) is 1. The molecule has 1 unspecified atom stereocenters. The minimum Gasteiger partial charge on any atom is -0.463 e. The number of aromatic nitrogens is 1. The second-order valence-corrected chi connectivity index (χ2v) is 2.76. The molecule has 68 valence electrons. The monoisotopic (exact) mass is 182 g/mol. The average molecular weight is 182 g/mol. The second kappa shape index (κ2) is 2.69. The number of rotatable bonds is 0. The van der Waals surface area contributed by atoms with Crippen molar-refractivity contribution in [2.24, 2.45) is 0 Å². The van der Waals surface area contributed by atoms with Gasteiger partial charge in [-0.2, -0.15) is 0 Å². The molecule has 2 heterocycles. The van der Waals surface area contributed by atoms with Crippen LogP contribution in [0.25, 0.3) is 0 Å². The van der Waals surface area contributed by atoms with Crippen molar-refractivity contribution in [1.29, 1.82) is 0 Å². The summed E-state index contributed by atoms with van der Waals surface area (Å²) >= 11 is 0. The van der Waals surface area contributed by atoms with E-state index < -0.39 is 11.9 Å². The van der Waals surface area contributed by atoms with Gasteiger partial charge >= 0.3 is 0 Å². The van der Waals surface area contributed by atoms with Gasteiger partial charge in [-0.25, -0.2) is 9.37 Å². The summed E-state index contributed by atoms with van der Waals surface area (Å²) in [7, 11) is 0. The van der Waals surface area contributed by atoms with Crippen LogP contribution < -0.4 is 10.1 Å². The van der Waals surface area contributed by atoms with Crippen LogP contribution in [0.3, 0.4) is 0 Å². The average Bonchev–Trinajstić information content (AvgIpc) is 2.08.